The number of anilines is 2. The van der Waals surface area contributed by atoms with Crippen molar-refractivity contribution in [3.8, 4) is 5.75 Å². The SMILES string of the molecule is NC(=O)c1c(N=Cc2ccc(O)cc2)n[nH]c1Nc1ccccc1Cl. The smallest absolute Gasteiger partial charge is 0.256 e. The van der Waals surface area contributed by atoms with E-state index in [1.54, 1.807) is 36.4 Å². The average Bonchev–Trinajstić information content (AvgIpc) is 2.99. The van der Waals surface area contributed by atoms with E-state index in [4.69, 9.17) is 17.3 Å². The number of carbonyl (C=O) groups excluding carboxylic acids is 1. The average molecular weight is 356 g/mol. The van der Waals surface area contributed by atoms with Crippen molar-refractivity contribution in [2.45, 2.75) is 0 Å². The third-order valence-electron chi connectivity index (χ3n) is 3.36. The van der Waals surface area contributed by atoms with Gasteiger partial charge in [0, 0.05) is 6.21 Å². The molecule has 0 fully saturated rings. The fourth-order valence-corrected chi connectivity index (χ4v) is 2.33. The second kappa shape index (κ2) is 7.06. The summed E-state index contributed by atoms with van der Waals surface area (Å²) in [6, 6.07) is 13.5. The molecule has 1 heterocycles. The Morgan fingerprint density at radius 2 is 1.96 bits per heavy atom. The van der Waals surface area contributed by atoms with Crippen molar-refractivity contribution in [1.82, 2.24) is 10.2 Å². The Balaban J connectivity index is 1.91. The maximum Gasteiger partial charge on any atom is 0.256 e. The highest BCUT2D eigenvalue weighted by Crippen LogP contribution is 2.29. The molecule has 0 aliphatic carbocycles. The minimum atomic E-state index is -0.679. The van der Waals surface area contributed by atoms with E-state index in [1.807, 2.05) is 0 Å². The topological polar surface area (TPSA) is 116 Å². The summed E-state index contributed by atoms with van der Waals surface area (Å²) < 4.78 is 0. The molecule has 3 aromatic rings. The zero-order valence-electron chi connectivity index (χ0n) is 12.9. The first-order valence-corrected chi connectivity index (χ1v) is 7.65. The molecule has 8 heteroatoms. The quantitative estimate of drug-likeness (QED) is 0.525. The summed E-state index contributed by atoms with van der Waals surface area (Å²) in [5.74, 6) is -0.0734. The Kier molecular flexibility index (Phi) is 4.67. The molecular formula is C17H14ClN5O2. The first kappa shape index (κ1) is 16.5. The highest BCUT2D eigenvalue weighted by Gasteiger charge is 2.18. The third kappa shape index (κ3) is 3.78. The van der Waals surface area contributed by atoms with Gasteiger partial charge in [-0.15, -0.1) is 0 Å². The molecule has 5 N–H and O–H groups in total. The number of halogens is 1. The second-order valence-electron chi connectivity index (χ2n) is 5.12. The number of amides is 1. The number of aromatic amines is 1. The third-order valence-corrected chi connectivity index (χ3v) is 3.69. The van der Waals surface area contributed by atoms with Gasteiger partial charge in [-0.3, -0.25) is 9.89 Å². The van der Waals surface area contributed by atoms with E-state index in [1.165, 1.54) is 18.3 Å². The summed E-state index contributed by atoms with van der Waals surface area (Å²) in [5, 5.41) is 19.5. The number of hydrogen-bond donors (Lipinski definition) is 4. The predicted octanol–water partition coefficient (Wildman–Crippen LogP) is 3.36. The number of nitrogens with two attached hydrogens (primary N) is 1. The van der Waals surface area contributed by atoms with Crippen LogP contribution in [0.1, 0.15) is 15.9 Å². The zero-order chi connectivity index (χ0) is 17.8. The number of primary amides is 1. The molecule has 0 bridgehead atoms. The largest absolute Gasteiger partial charge is 0.508 e. The van der Waals surface area contributed by atoms with Gasteiger partial charge in [-0.25, -0.2) is 4.99 Å². The number of aromatic hydroxyl groups is 1. The molecule has 0 saturated heterocycles. The molecule has 0 atom stereocenters. The van der Waals surface area contributed by atoms with Crippen molar-refractivity contribution in [2.75, 3.05) is 5.32 Å². The lowest BCUT2D eigenvalue weighted by molar-refractivity contribution is 0.100. The fraction of sp³-hybridized carbons (Fsp3) is 0. The van der Waals surface area contributed by atoms with Gasteiger partial charge in [0.15, 0.2) is 5.82 Å². The molecule has 1 aromatic heterocycles. The summed E-state index contributed by atoms with van der Waals surface area (Å²) >= 11 is 6.10. The van der Waals surface area contributed by atoms with Crippen molar-refractivity contribution in [3.05, 3.63) is 64.7 Å². The molecule has 0 unspecified atom stereocenters. The molecule has 1 amide bonds. The minimum absolute atomic E-state index is 0.120. The van der Waals surface area contributed by atoms with Crippen LogP contribution >= 0.6 is 11.6 Å². The first-order valence-electron chi connectivity index (χ1n) is 7.27. The monoisotopic (exact) mass is 355 g/mol. The number of para-hydroxylation sites is 1. The highest BCUT2D eigenvalue weighted by atomic mass is 35.5. The summed E-state index contributed by atoms with van der Waals surface area (Å²) in [6.45, 7) is 0. The van der Waals surface area contributed by atoms with Crippen LogP contribution in [0, 0.1) is 0 Å². The van der Waals surface area contributed by atoms with E-state index in [0.717, 1.165) is 5.56 Å². The molecule has 0 aliphatic heterocycles. The van der Waals surface area contributed by atoms with Crippen LogP contribution in [-0.4, -0.2) is 27.4 Å². The van der Waals surface area contributed by atoms with Crippen molar-refractivity contribution in [2.24, 2.45) is 10.7 Å². The zero-order valence-corrected chi connectivity index (χ0v) is 13.7. The van der Waals surface area contributed by atoms with Gasteiger partial charge in [0.25, 0.3) is 5.91 Å². The van der Waals surface area contributed by atoms with Crippen molar-refractivity contribution >= 4 is 41.0 Å². The van der Waals surface area contributed by atoms with Gasteiger partial charge in [0.2, 0.25) is 0 Å². The highest BCUT2D eigenvalue weighted by molar-refractivity contribution is 6.33. The number of H-pyrrole nitrogens is 1. The maximum atomic E-state index is 11.8. The molecule has 0 saturated carbocycles. The van der Waals surface area contributed by atoms with Gasteiger partial charge >= 0.3 is 0 Å². The molecule has 2 aromatic carbocycles. The van der Waals surface area contributed by atoms with Gasteiger partial charge in [-0.2, -0.15) is 5.10 Å². The van der Waals surface area contributed by atoms with E-state index >= 15 is 0 Å². The number of carbonyl (C=O) groups is 1. The van der Waals surface area contributed by atoms with E-state index in [2.05, 4.69) is 20.5 Å². The van der Waals surface area contributed by atoms with Crippen molar-refractivity contribution < 1.29 is 9.90 Å². The standard InChI is InChI=1S/C17H14ClN5O2/c18-12-3-1-2-4-13(12)21-17-14(15(19)25)16(22-23-17)20-9-10-5-7-11(24)8-6-10/h1-9,24H,(H2,19,25)(H2,21,22,23). The summed E-state index contributed by atoms with van der Waals surface area (Å²) in [7, 11) is 0. The maximum absolute atomic E-state index is 11.8. The Hall–Kier alpha value is -3.32. The molecule has 25 heavy (non-hydrogen) atoms. The van der Waals surface area contributed by atoms with Crippen molar-refractivity contribution in [1.29, 1.82) is 0 Å². The van der Waals surface area contributed by atoms with Gasteiger partial charge < -0.3 is 16.2 Å². The number of rotatable bonds is 5. The van der Waals surface area contributed by atoms with Crippen LogP contribution in [0.4, 0.5) is 17.3 Å². The predicted molar refractivity (Wildman–Crippen MR) is 97.2 cm³/mol. The van der Waals surface area contributed by atoms with E-state index in [0.29, 0.717) is 16.5 Å². The number of aromatic nitrogens is 2. The van der Waals surface area contributed by atoms with E-state index in [9.17, 15) is 9.90 Å². The number of phenolic OH excluding ortho intramolecular Hbond substituents is 1. The van der Waals surface area contributed by atoms with Crippen molar-refractivity contribution in [3.63, 3.8) is 0 Å². The summed E-state index contributed by atoms with van der Waals surface area (Å²) in [4.78, 5) is 16.0. The Bertz CT molecular complexity index is 934. The lowest BCUT2D eigenvalue weighted by Crippen LogP contribution is -2.12. The van der Waals surface area contributed by atoms with Gasteiger partial charge in [0.1, 0.15) is 17.1 Å². The van der Waals surface area contributed by atoms with Gasteiger partial charge in [-0.05, 0) is 42.0 Å². The Morgan fingerprint density at radius 1 is 1.24 bits per heavy atom. The number of nitrogens with zero attached hydrogens (tertiary/aromatic N) is 2. The summed E-state index contributed by atoms with van der Waals surface area (Å²) in [6.07, 6.45) is 1.52. The summed E-state index contributed by atoms with van der Waals surface area (Å²) in [5.41, 5.74) is 6.92. The normalized spacial score (nSPS) is 10.9. The lowest BCUT2D eigenvalue weighted by atomic mass is 10.2. The lowest BCUT2D eigenvalue weighted by Gasteiger charge is -2.06. The molecule has 0 aliphatic rings. The van der Waals surface area contributed by atoms with E-state index < -0.39 is 5.91 Å². The number of aliphatic imine (C=N–C) groups is 1. The number of hydrogen-bond acceptors (Lipinski definition) is 5. The van der Waals surface area contributed by atoms with Crippen LogP contribution in [0.5, 0.6) is 5.75 Å². The van der Waals surface area contributed by atoms with Crippen LogP contribution in [0.2, 0.25) is 5.02 Å². The number of benzene rings is 2. The molecule has 0 radical (unpaired) electrons. The van der Waals surface area contributed by atoms with Crippen LogP contribution in [-0.2, 0) is 0 Å². The number of nitrogens with one attached hydrogen (secondary N) is 2. The van der Waals surface area contributed by atoms with Crippen LogP contribution in [0.3, 0.4) is 0 Å². The van der Waals surface area contributed by atoms with Crippen LogP contribution < -0.4 is 11.1 Å². The number of phenols is 1. The minimum Gasteiger partial charge on any atom is -0.508 e. The molecular weight excluding hydrogens is 342 g/mol. The van der Waals surface area contributed by atoms with Crippen LogP contribution in [0.15, 0.2) is 53.5 Å². The van der Waals surface area contributed by atoms with Gasteiger partial charge in [-0.1, -0.05) is 23.7 Å². The first-order chi connectivity index (χ1) is 12.0. The molecule has 3 rings (SSSR count). The molecule has 126 valence electrons. The Morgan fingerprint density at radius 3 is 2.64 bits per heavy atom. The molecule has 7 nitrogen and oxygen atoms in total. The van der Waals surface area contributed by atoms with E-state index in [-0.39, 0.29) is 17.1 Å². The second-order valence-corrected chi connectivity index (χ2v) is 5.52. The van der Waals surface area contributed by atoms with Crippen LogP contribution in [0.25, 0.3) is 0 Å². The van der Waals surface area contributed by atoms with Gasteiger partial charge in [0.05, 0.1) is 10.7 Å². The molecule has 0 spiro atoms. The Labute approximate surface area is 148 Å². The fourth-order valence-electron chi connectivity index (χ4n) is 2.14.